The highest BCUT2D eigenvalue weighted by molar-refractivity contribution is 5.95. The second-order valence-corrected chi connectivity index (χ2v) is 3.39. The molecule has 0 radical (unpaired) electrons. The molecule has 0 bridgehead atoms. The van der Waals surface area contributed by atoms with Gasteiger partial charge in [0.1, 0.15) is 0 Å². The normalized spacial score (nSPS) is 11.4. The first-order chi connectivity index (χ1) is 7.01. The molecule has 0 aliphatic rings. The molecule has 86 valence electrons. The van der Waals surface area contributed by atoms with Crippen molar-refractivity contribution in [3.8, 4) is 0 Å². The van der Waals surface area contributed by atoms with Gasteiger partial charge in [-0.15, -0.1) is 0 Å². The summed E-state index contributed by atoms with van der Waals surface area (Å²) in [4.78, 5) is 28.5. The minimum Gasteiger partial charge on any atom is -0.296 e. The van der Waals surface area contributed by atoms with E-state index >= 15 is 0 Å². The van der Waals surface area contributed by atoms with Crippen molar-refractivity contribution >= 4 is 11.9 Å². The first-order valence-corrected chi connectivity index (χ1v) is 4.43. The van der Waals surface area contributed by atoms with Gasteiger partial charge in [-0.25, -0.2) is 9.59 Å². The Morgan fingerprint density at radius 2 is 1.87 bits per heavy atom. The summed E-state index contributed by atoms with van der Waals surface area (Å²) >= 11 is 0. The van der Waals surface area contributed by atoms with Crippen molar-refractivity contribution in [3.05, 3.63) is 11.6 Å². The van der Waals surface area contributed by atoms with E-state index in [4.69, 9.17) is 10.5 Å². The van der Waals surface area contributed by atoms with Crippen LogP contribution in [0.2, 0.25) is 0 Å². The summed E-state index contributed by atoms with van der Waals surface area (Å²) < 4.78 is 0. The highest BCUT2D eigenvalue weighted by atomic mass is 17.1. The number of hydrogen-bond donors (Lipinski definition) is 2. The van der Waals surface area contributed by atoms with Gasteiger partial charge in [0, 0.05) is 11.6 Å². The van der Waals surface area contributed by atoms with Gasteiger partial charge >= 0.3 is 11.9 Å². The van der Waals surface area contributed by atoms with Gasteiger partial charge in [0.2, 0.25) is 0 Å². The van der Waals surface area contributed by atoms with Crippen LogP contribution in [0.1, 0.15) is 26.7 Å². The van der Waals surface area contributed by atoms with Crippen molar-refractivity contribution < 1.29 is 29.9 Å². The fourth-order valence-corrected chi connectivity index (χ4v) is 0.905. The largest absolute Gasteiger partial charge is 0.369 e. The standard InChI is InChI=1S/C9H14O6/c1-6(2)3-4-7(9(11)15-13)5-8(10)14-12/h5-6,12-13H,3-4H2,1-2H3. The van der Waals surface area contributed by atoms with Crippen LogP contribution in [0.5, 0.6) is 0 Å². The van der Waals surface area contributed by atoms with E-state index in [1.165, 1.54) is 0 Å². The van der Waals surface area contributed by atoms with Gasteiger partial charge in [-0.2, -0.15) is 10.5 Å². The lowest BCUT2D eigenvalue weighted by Gasteiger charge is -2.05. The van der Waals surface area contributed by atoms with E-state index in [2.05, 4.69) is 9.78 Å². The molecule has 0 saturated heterocycles. The van der Waals surface area contributed by atoms with Crippen LogP contribution >= 0.6 is 0 Å². The lowest BCUT2D eigenvalue weighted by molar-refractivity contribution is -0.231. The Hall–Kier alpha value is -1.40. The molecule has 0 rings (SSSR count). The van der Waals surface area contributed by atoms with Crippen LogP contribution in [0.15, 0.2) is 11.6 Å². The summed E-state index contributed by atoms with van der Waals surface area (Å²) in [6.45, 7) is 3.87. The van der Waals surface area contributed by atoms with Crippen molar-refractivity contribution in [1.82, 2.24) is 0 Å². The summed E-state index contributed by atoms with van der Waals surface area (Å²) in [6.07, 6.45) is 1.67. The molecule has 0 amide bonds. The van der Waals surface area contributed by atoms with Crippen LogP contribution in [-0.4, -0.2) is 22.5 Å². The van der Waals surface area contributed by atoms with Crippen LogP contribution < -0.4 is 0 Å². The van der Waals surface area contributed by atoms with E-state index in [0.29, 0.717) is 12.3 Å². The van der Waals surface area contributed by atoms with E-state index in [1.807, 2.05) is 13.8 Å². The molecule has 6 heteroatoms. The molecule has 0 aromatic carbocycles. The number of carbonyl (C=O) groups excluding carboxylic acids is 2. The van der Waals surface area contributed by atoms with Crippen LogP contribution in [0.3, 0.4) is 0 Å². The van der Waals surface area contributed by atoms with Crippen molar-refractivity contribution in [2.75, 3.05) is 0 Å². The summed E-state index contributed by atoms with van der Waals surface area (Å²) in [5.74, 6) is -1.79. The summed E-state index contributed by atoms with van der Waals surface area (Å²) in [7, 11) is 0. The maximum atomic E-state index is 10.9. The van der Waals surface area contributed by atoms with E-state index in [-0.39, 0.29) is 12.0 Å². The molecule has 6 nitrogen and oxygen atoms in total. The second-order valence-electron chi connectivity index (χ2n) is 3.39. The van der Waals surface area contributed by atoms with E-state index < -0.39 is 11.9 Å². The van der Waals surface area contributed by atoms with Crippen molar-refractivity contribution in [2.45, 2.75) is 26.7 Å². The fraction of sp³-hybridized carbons (Fsp3) is 0.556. The number of carbonyl (C=O) groups is 2. The van der Waals surface area contributed by atoms with Gasteiger partial charge in [0.25, 0.3) is 0 Å². The zero-order chi connectivity index (χ0) is 11.8. The molecule has 0 spiro atoms. The average Bonchev–Trinajstić information content (AvgIpc) is 2.22. The van der Waals surface area contributed by atoms with Gasteiger partial charge in [-0.05, 0) is 18.8 Å². The molecular weight excluding hydrogens is 204 g/mol. The number of rotatable bonds is 5. The smallest absolute Gasteiger partial charge is 0.296 e. The molecule has 0 heterocycles. The third-order valence-corrected chi connectivity index (χ3v) is 1.72. The molecular formula is C9H14O6. The Morgan fingerprint density at radius 1 is 1.27 bits per heavy atom. The predicted molar refractivity (Wildman–Crippen MR) is 49.6 cm³/mol. The topological polar surface area (TPSA) is 93.1 Å². The third-order valence-electron chi connectivity index (χ3n) is 1.72. The highest BCUT2D eigenvalue weighted by Gasteiger charge is 2.14. The minimum absolute atomic E-state index is 0.0507. The van der Waals surface area contributed by atoms with Gasteiger partial charge < -0.3 is 0 Å². The van der Waals surface area contributed by atoms with E-state index in [9.17, 15) is 9.59 Å². The predicted octanol–water partition coefficient (Wildman–Crippen LogP) is 1.38. The third kappa shape index (κ3) is 5.82. The van der Waals surface area contributed by atoms with Gasteiger partial charge in [0.05, 0.1) is 0 Å². The first-order valence-electron chi connectivity index (χ1n) is 4.43. The molecule has 0 saturated carbocycles. The van der Waals surface area contributed by atoms with Crippen molar-refractivity contribution in [1.29, 1.82) is 0 Å². The van der Waals surface area contributed by atoms with Crippen molar-refractivity contribution in [3.63, 3.8) is 0 Å². The zero-order valence-corrected chi connectivity index (χ0v) is 8.60. The molecule has 0 unspecified atom stereocenters. The van der Waals surface area contributed by atoms with Gasteiger partial charge in [0.15, 0.2) is 0 Å². The van der Waals surface area contributed by atoms with Crippen molar-refractivity contribution in [2.24, 2.45) is 5.92 Å². The van der Waals surface area contributed by atoms with Crippen LogP contribution in [0.25, 0.3) is 0 Å². The summed E-state index contributed by atoms with van der Waals surface area (Å²) in [5, 5.41) is 16.2. The van der Waals surface area contributed by atoms with Gasteiger partial charge in [-0.3, -0.25) is 9.78 Å². The molecule has 0 aliphatic heterocycles. The minimum atomic E-state index is -1.08. The van der Waals surface area contributed by atoms with E-state index in [1.54, 1.807) is 0 Å². The highest BCUT2D eigenvalue weighted by Crippen LogP contribution is 2.12. The lowest BCUT2D eigenvalue weighted by Crippen LogP contribution is -2.09. The second kappa shape index (κ2) is 6.97. The maximum absolute atomic E-state index is 10.9. The molecule has 0 aromatic rings. The van der Waals surface area contributed by atoms with Gasteiger partial charge in [-0.1, -0.05) is 13.8 Å². The summed E-state index contributed by atoms with van der Waals surface area (Å²) in [6, 6.07) is 0. The maximum Gasteiger partial charge on any atom is 0.369 e. The average molecular weight is 218 g/mol. The number of hydrogen-bond acceptors (Lipinski definition) is 6. The van der Waals surface area contributed by atoms with E-state index in [0.717, 1.165) is 6.08 Å². The molecule has 0 fully saturated rings. The van der Waals surface area contributed by atoms with Crippen LogP contribution in [-0.2, 0) is 19.4 Å². The monoisotopic (exact) mass is 218 g/mol. The fourth-order valence-electron chi connectivity index (χ4n) is 0.905. The SMILES string of the molecule is CC(C)CCC(=CC(=O)OO)C(=O)OO. The first kappa shape index (κ1) is 13.6. The molecule has 2 N–H and O–H groups in total. The Balaban J connectivity index is 4.51. The molecule has 0 aromatic heterocycles. The van der Waals surface area contributed by atoms with Crippen LogP contribution in [0, 0.1) is 5.92 Å². The Labute approximate surface area is 87.0 Å². The molecule has 15 heavy (non-hydrogen) atoms. The zero-order valence-electron chi connectivity index (χ0n) is 8.60. The Bertz CT molecular complexity index is 255. The molecule has 0 atom stereocenters. The molecule has 0 aliphatic carbocycles. The quantitative estimate of drug-likeness (QED) is 0.411. The Morgan fingerprint density at radius 3 is 2.27 bits per heavy atom. The Kier molecular flexibility index (Phi) is 6.32. The lowest BCUT2D eigenvalue weighted by atomic mass is 10.0. The summed E-state index contributed by atoms with van der Waals surface area (Å²) in [5.41, 5.74) is -0.0507. The van der Waals surface area contributed by atoms with Crippen LogP contribution in [0.4, 0.5) is 0 Å².